The van der Waals surface area contributed by atoms with Crippen LogP contribution in [0.2, 0.25) is 0 Å². The Morgan fingerprint density at radius 2 is 2.24 bits per heavy atom. The lowest BCUT2D eigenvalue weighted by atomic mass is 10.1. The molecule has 0 spiro atoms. The first-order valence-corrected chi connectivity index (χ1v) is 6.83. The van der Waals surface area contributed by atoms with Gasteiger partial charge in [0.15, 0.2) is 0 Å². The molecule has 0 bridgehead atoms. The largest absolute Gasteiger partial charge is 0.397 e. The van der Waals surface area contributed by atoms with Gasteiger partial charge in [0.2, 0.25) is 0 Å². The van der Waals surface area contributed by atoms with E-state index in [1.807, 2.05) is 30.5 Å². The average Bonchev–Trinajstić information content (AvgIpc) is 2.80. The van der Waals surface area contributed by atoms with Gasteiger partial charge >= 0.3 is 0 Å². The van der Waals surface area contributed by atoms with Crippen molar-refractivity contribution in [3.05, 3.63) is 47.3 Å². The summed E-state index contributed by atoms with van der Waals surface area (Å²) in [5.41, 5.74) is 8.65. The molecule has 108 valence electrons. The molecule has 0 aliphatic carbocycles. The highest BCUT2D eigenvalue weighted by molar-refractivity contribution is 6.04. The number of nitrogens with one attached hydrogen (secondary N) is 1. The van der Waals surface area contributed by atoms with Crippen LogP contribution in [0.25, 0.3) is 0 Å². The third kappa shape index (κ3) is 3.06. The van der Waals surface area contributed by atoms with E-state index in [4.69, 9.17) is 5.73 Å². The predicted octanol–water partition coefficient (Wildman–Crippen LogP) is 2.91. The Morgan fingerprint density at radius 1 is 1.48 bits per heavy atom. The van der Waals surface area contributed by atoms with Gasteiger partial charge in [-0.1, -0.05) is 19.1 Å². The SMILES string of the molecule is CCCn1cc(N)cc1C(=O)Nc1cccc(C)c1C#N. The highest BCUT2D eigenvalue weighted by Gasteiger charge is 2.15. The van der Waals surface area contributed by atoms with Gasteiger partial charge in [-0.2, -0.15) is 5.26 Å². The van der Waals surface area contributed by atoms with E-state index in [0.29, 0.717) is 22.6 Å². The molecule has 1 heterocycles. The van der Waals surface area contributed by atoms with Crippen LogP contribution in [0.5, 0.6) is 0 Å². The van der Waals surface area contributed by atoms with Crippen molar-refractivity contribution in [3.8, 4) is 6.07 Å². The number of carbonyl (C=O) groups excluding carboxylic acids is 1. The fraction of sp³-hybridized carbons (Fsp3) is 0.250. The molecule has 2 aromatic rings. The predicted molar refractivity (Wildman–Crippen MR) is 83.0 cm³/mol. The maximum Gasteiger partial charge on any atom is 0.272 e. The van der Waals surface area contributed by atoms with E-state index in [1.165, 1.54) is 0 Å². The van der Waals surface area contributed by atoms with Crippen molar-refractivity contribution in [2.24, 2.45) is 0 Å². The van der Waals surface area contributed by atoms with Gasteiger partial charge in [0.05, 0.1) is 16.9 Å². The van der Waals surface area contributed by atoms with Gasteiger partial charge in [0.1, 0.15) is 11.8 Å². The Kier molecular flexibility index (Phi) is 4.29. The number of nitrogen functional groups attached to an aromatic ring is 1. The monoisotopic (exact) mass is 282 g/mol. The topological polar surface area (TPSA) is 83.8 Å². The van der Waals surface area contributed by atoms with Crippen molar-refractivity contribution in [2.75, 3.05) is 11.1 Å². The van der Waals surface area contributed by atoms with E-state index in [2.05, 4.69) is 11.4 Å². The minimum absolute atomic E-state index is 0.262. The second-order valence-corrected chi connectivity index (χ2v) is 4.92. The first kappa shape index (κ1) is 14.7. The van der Waals surface area contributed by atoms with Gasteiger partial charge in [-0.15, -0.1) is 0 Å². The molecule has 1 aromatic carbocycles. The number of rotatable bonds is 4. The van der Waals surface area contributed by atoms with E-state index in [0.717, 1.165) is 18.5 Å². The molecule has 5 heteroatoms. The number of amides is 1. The maximum atomic E-state index is 12.4. The number of benzene rings is 1. The molecule has 1 aromatic heterocycles. The minimum Gasteiger partial charge on any atom is -0.397 e. The van der Waals surface area contributed by atoms with Gasteiger partial charge < -0.3 is 15.6 Å². The number of aromatic nitrogens is 1. The molecule has 0 saturated carbocycles. The molecule has 0 radical (unpaired) electrons. The van der Waals surface area contributed by atoms with E-state index < -0.39 is 0 Å². The van der Waals surface area contributed by atoms with Crippen molar-refractivity contribution in [3.63, 3.8) is 0 Å². The summed E-state index contributed by atoms with van der Waals surface area (Å²) in [6.45, 7) is 4.59. The Labute approximate surface area is 124 Å². The number of anilines is 2. The molecular formula is C16H18N4O. The van der Waals surface area contributed by atoms with Crippen LogP contribution < -0.4 is 11.1 Å². The number of hydrogen-bond donors (Lipinski definition) is 2. The Balaban J connectivity index is 2.31. The van der Waals surface area contributed by atoms with Crippen LogP contribution in [-0.4, -0.2) is 10.5 Å². The Bertz CT molecular complexity index is 710. The molecular weight excluding hydrogens is 264 g/mol. The molecule has 5 nitrogen and oxygen atoms in total. The fourth-order valence-electron chi connectivity index (χ4n) is 2.26. The fourth-order valence-corrected chi connectivity index (χ4v) is 2.26. The third-order valence-corrected chi connectivity index (χ3v) is 3.25. The lowest BCUT2D eigenvalue weighted by Gasteiger charge is -2.10. The van der Waals surface area contributed by atoms with Crippen LogP contribution in [0.3, 0.4) is 0 Å². The van der Waals surface area contributed by atoms with Crippen molar-refractivity contribution in [2.45, 2.75) is 26.8 Å². The average molecular weight is 282 g/mol. The minimum atomic E-state index is -0.262. The van der Waals surface area contributed by atoms with Gasteiger partial charge in [0, 0.05) is 12.7 Å². The molecule has 0 unspecified atom stereocenters. The van der Waals surface area contributed by atoms with E-state index in [-0.39, 0.29) is 5.91 Å². The second-order valence-electron chi connectivity index (χ2n) is 4.92. The molecule has 21 heavy (non-hydrogen) atoms. The standard InChI is InChI=1S/C16H18N4O/c1-3-7-20-10-12(18)8-15(20)16(21)19-14-6-4-5-11(2)13(14)9-17/h4-6,8,10H,3,7,18H2,1-2H3,(H,19,21). The first-order valence-electron chi connectivity index (χ1n) is 6.83. The second kappa shape index (κ2) is 6.14. The molecule has 2 rings (SSSR count). The number of nitrogens with zero attached hydrogens (tertiary/aromatic N) is 2. The Morgan fingerprint density at radius 3 is 2.90 bits per heavy atom. The number of carbonyl (C=O) groups is 1. The van der Waals surface area contributed by atoms with Gasteiger partial charge in [-0.05, 0) is 31.0 Å². The number of nitrogens with two attached hydrogens (primary N) is 1. The molecule has 1 amide bonds. The summed E-state index contributed by atoms with van der Waals surface area (Å²) in [5.74, 6) is -0.262. The molecule has 0 aliphatic rings. The number of nitriles is 1. The van der Waals surface area contributed by atoms with Crippen LogP contribution in [0.15, 0.2) is 30.5 Å². The van der Waals surface area contributed by atoms with Crippen LogP contribution in [0, 0.1) is 18.3 Å². The zero-order valence-electron chi connectivity index (χ0n) is 12.2. The number of aryl methyl sites for hydroxylation is 2. The van der Waals surface area contributed by atoms with Gasteiger partial charge in [-0.25, -0.2) is 0 Å². The third-order valence-electron chi connectivity index (χ3n) is 3.25. The summed E-state index contributed by atoms with van der Waals surface area (Å²) in [7, 11) is 0. The van der Waals surface area contributed by atoms with Gasteiger partial charge in [0.25, 0.3) is 5.91 Å². The summed E-state index contributed by atoms with van der Waals surface area (Å²) < 4.78 is 1.83. The van der Waals surface area contributed by atoms with Crippen LogP contribution >= 0.6 is 0 Å². The Hall–Kier alpha value is -2.74. The van der Waals surface area contributed by atoms with Crippen LogP contribution in [0.4, 0.5) is 11.4 Å². The molecule has 0 saturated heterocycles. The van der Waals surface area contributed by atoms with Crippen LogP contribution in [0.1, 0.15) is 35.0 Å². The lowest BCUT2D eigenvalue weighted by Crippen LogP contribution is -2.17. The zero-order chi connectivity index (χ0) is 15.4. The summed E-state index contributed by atoms with van der Waals surface area (Å²) in [6, 6.07) is 9.14. The molecule has 0 aliphatic heterocycles. The molecule has 0 atom stereocenters. The lowest BCUT2D eigenvalue weighted by molar-refractivity contribution is 0.101. The van der Waals surface area contributed by atoms with Crippen molar-refractivity contribution in [1.82, 2.24) is 4.57 Å². The van der Waals surface area contributed by atoms with Gasteiger partial charge in [-0.3, -0.25) is 4.79 Å². The van der Waals surface area contributed by atoms with E-state index in [1.54, 1.807) is 18.3 Å². The van der Waals surface area contributed by atoms with E-state index >= 15 is 0 Å². The first-order chi connectivity index (χ1) is 10.1. The summed E-state index contributed by atoms with van der Waals surface area (Å²) in [4.78, 5) is 12.4. The van der Waals surface area contributed by atoms with Crippen LogP contribution in [-0.2, 0) is 6.54 Å². The zero-order valence-corrected chi connectivity index (χ0v) is 12.2. The van der Waals surface area contributed by atoms with Crippen molar-refractivity contribution >= 4 is 17.3 Å². The summed E-state index contributed by atoms with van der Waals surface area (Å²) in [6.07, 6.45) is 2.65. The summed E-state index contributed by atoms with van der Waals surface area (Å²) >= 11 is 0. The summed E-state index contributed by atoms with van der Waals surface area (Å²) in [5, 5.41) is 12.0. The quantitative estimate of drug-likeness (QED) is 0.904. The number of hydrogen-bond acceptors (Lipinski definition) is 3. The normalized spacial score (nSPS) is 10.1. The van der Waals surface area contributed by atoms with E-state index in [9.17, 15) is 10.1 Å². The highest BCUT2D eigenvalue weighted by Crippen LogP contribution is 2.20. The smallest absolute Gasteiger partial charge is 0.272 e. The molecule has 0 fully saturated rings. The maximum absolute atomic E-state index is 12.4. The molecule has 3 N–H and O–H groups in total. The highest BCUT2D eigenvalue weighted by atomic mass is 16.1. The van der Waals surface area contributed by atoms with Crippen molar-refractivity contribution in [1.29, 1.82) is 5.26 Å². The van der Waals surface area contributed by atoms with Crippen molar-refractivity contribution < 1.29 is 4.79 Å².